The van der Waals surface area contributed by atoms with Gasteiger partial charge in [0.1, 0.15) is 0 Å². The topological polar surface area (TPSA) is 108 Å². The fraction of sp³-hybridized carbons (Fsp3) is 0.556. The second-order valence-corrected chi connectivity index (χ2v) is 7.55. The van der Waals surface area contributed by atoms with Crippen LogP contribution < -0.4 is 10.6 Å². The predicted octanol–water partition coefficient (Wildman–Crippen LogP) is 4.47. The maximum Gasteiger partial charge on any atom is 0.321 e. The van der Waals surface area contributed by atoms with Crippen LogP contribution in [0.3, 0.4) is 0 Å². The van der Waals surface area contributed by atoms with Gasteiger partial charge in [-0.15, -0.1) is 10.2 Å². The first-order valence-corrected chi connectivity index (χ1v) is 9.47. The average molecular weight is 391 g/mol. The number of nitrogens with zero attached hydrogens (tertiary/aromatic N) is 4. The van der Waals surface area contributed by atoms with Gasteiger partial charge in [-0.2, -0.15) is 0 Å². The predicted molar refractivity (Wildman–Crippen MR) is 100 cm³/mol. The van der Waals surface area contributed by atoms with Crippen LogP contribution in [0.4, 0.5) is 4.79 Å². The highest BCUT2D eigenvalue weighted by atomic mass is 35.5. The van der Waals surface area contributed by atoms with Crippen molar-refractivity contribution >= 4 is 23.5 Å². The Hall–Kier alpha value is -2.35. The Morgan fingerprint density at radius 2 is 1.93 bits per heavy atom. The smallest absolute Gasteiger partial charge is 0.321 e. The molecule has 1 saturated carbocycles. The molecule has 0 saturated heterocycles. The van der Waals surface area contributed by atoms with Crippen molar-refractivity contribution < 1.29 is 9.59 Å². The Morgan fingerprint density at radius 1 is 1.26 bits per heavy atom. The molecule has 1 aromatic rings. The minimum absolute atomic E-state index is 0.323. The van der Waals surface area contributed by atoms with Gasteiger partial charge in [0.15, 0.2) is 0 Å². The van der Waals surface area contributed by atoms with Gasteiger partial charge in [0.05, 0.1) is 5.92 Å². The van der Waals surface area contributed by atoms with E-state index >= 15 is 0 Å². The van der Waals surface area contributed by atoms with E-state index in [1.165, 1.54) is 19.9 Å². The number of imide groups is 1. The van der Waals surface area contributed by atoms with Gasteiger partial charge in [-0.1, -0.05) is 49.4 Å². The molecule has 1 aliphatic heterocycles. The molecule has 1 aromatic carbocycles. The molecular weight excluding hydrogens is 368 g/mol. The minimum atomic E-state index is -0.944. The number of carbonyl (C=O) groups excluding carboxylic acids is 2. The van der Waals surface area contributed by atoms with Crippen LogP contribution >= 0.6 is 11.6 Å². The van der Waals surface area contributed by atoms with E-state index in [1.807, 2.05) is 6.07 Å². The summed E-state index contributed by atoms with van der Waals surface area (Å²) in [6.45, 7) is 1.77. The van der Waals surface area contributed by atoms with Gasteiger partial charge in [-0.05, 0) is 41.3 Å². The summed E-state index contributed by atoms with van der Waals surface area (Å²) in [5, 5.41) is 20.4. The molecule has 0 bridgehead atoms. The van der Waals surface area contributed by atoms with Crippen LogP contribution in [0.15, 0.2) is 38.9 Å². The van der Waals surface area contributed by atoms with Crippen LogP contribution in [-0.2, 0) is 10.5 Å². The summed E-state index contributed by atoms with van der Waals surface area (Å²) in [4.78, 5) is 24.4. The zero-order valence-corrected chi connectivity index (χ0v) is 16.2. The fourth-order valence-electron chi connectivity index (χ4n) is 3.71. The lowest BCUT2D eigenvalue weighted by Crippen LogP contribution is -2.40. The van der Waals surface area contributed by atoms with Crippen molar-refractivity contribution in [1.29, 1.82) is 0 Å². The Balaban J connectivity index is 1.87. The minimum Gasteiger partial charge on any atom is -0.341 e. The number of amides is 3. The van der Waals surface area contributed by atoms with Gasteiger partial charge in [0.25, 0.3) is 0 Å². The quantitative estimate of drug-likeness (QED) is 0.773. The molecule has 27 heavy (non-hydrogen) atoms. The SMILES string of the molecule is CNC(=O)NC(=O)C(CC1CCCC1)c1ccc(C2(C)N=NN=N2)c(Cl)c1. The second-order valence-electron chi connectivity index (χ2n) is 7.15. The Kier molecular flexibility index (Phi) is 5.84. The van der Waals surface area contributed by atoms with Crippen molar-refractivity contribution in [2.45, 2.75) is 50.6 Å². The molecule has 1 heterocycles. The van der Waals surface area contributed by atoms with Crippen molar-refractivity contribution in [2.24, 2.45) is 26.6 Å². The molecule has 0 spiro atoms. The van der Waals surface area contributed by atoms with Gasteiger partial charge in [-0.25, -0.2) is 4.79 Å². The number of hydrogen-bond donors (Lipinski definition) is 2. The first-order valence-electron chi connectivity index (χ1n) is 9.09. The number of rotatable bonds is 5. The molecule has 144 valence electrons. The lowest BCUT2D eigenvalue weighted by molar-refractivity contribution is -0.121. The molecule has 1 unspecified atom stereocenters. The van der Waals surface area contributed by atoms with Crippen molar-refractivity contribution in [2.75, 3.05) is 7.05 Å². The van der Waals surface area contributed by atoms with E-state index < -0.39 is 17.6 Å². The zero-order valence-electron chi connectivity index (χ0n) is 15.4. The highest BCUT2D eigenvalue weighted by molar-refractivity contribution is 6.31. The Labute approximate surface area is 162 Å². The summed E-state index contributed by atoms with van der Waals surface area (Å²) in [7, 11) is 1.48. The molecule has 1 fully saturated rings. The highest BCUT2D eigenvalue weighted by Gasteiger charge is 2.33. The number of nitrogens with one attached hydrogen (secondary N) is 2. The number of benzene rings is 1. The molecule has 3 rings (SSSR count). The van der Waals surface area contributed by atoms with Crippen LogP contribution in [-0.4, -0.2) is 19.0 Å². The van der Waals surface area contributed by atoms with Crippen molar-refractivity contribution in [1.82, 2.24) is 10.6 Å². The zero-order chi connectivity index (χ0) is 19.4. The normalized spacial score (nSPS) is 19.2. The molecule has 8 nitrogen and oxygen atoms in total. The fourth-order valence-corrected chi connectivity index (χ4v) is 4.08. The third kappa shape index (κ3) is 4.32. The van der Waals surface area contributed by atoms with E-state index in [1.54, 1.807) is 19.1 Å². The second kappa shape index (κ2) is 8.12. The van der Waals surface area contributed by atoms with Gasteiger partial charge in [-0.3, -0.25) is 10.1 Å². The number of urea groups is 1. The van der Waals surface area contributed by atoms with E-state index in [0.29, 0.717) is 22.9 Å². The van der Waals surface area contributed by atoms with Crippen LogP contribution in [0, 0.1) is 5.92 Å². The highest BCUT2D eigenvalue weighted by Crippen LogP contribution is 2.39. The maximum atomic E-state index is 12.7. The summed E-state index contributed by atoms with van der Waals surface area (Å²) in [5.41, 5.74) is 0.498. The molecule has 1 atom stereocenters. The number of halogens is 1. The van der Waals surface area contributed by atoms with Gasteiger partial charge >= 0.3 is 6.03 Å². The third-order valence-electron chi connectivity index (χ3n) is 5.25. The average Bonchev–Trinajstić information content (AvgIpc) is 3.31. The lowest BCUT2D eigenvalue weighted by Gasteiger charge is -2.22. The van der Waals surface area contributed by atoms with Crippen LogP contribution in [0.25, 0.3) is 0 Å². The largest absolute Gasteiger partial charge is 0.341 e. The van der Waals surface area contributed by atoms with E-state index in [-0.39, 0.29) is 5.91 Å². The summed E-state index contributed by atoms with van der Waals surface area (Å²) in [6, 6.07) is 4.89. The maximum absolute atomic E-state index is 12.7. The van der Waals surface area contributed by atoms with Crippen LogP contribution in [0.2, 0.25) is 5.02 Å². The lowest BCUT2D eigenvalue weighted by atomic mass is 9.86. The summed E-state index contributed by atoms with van der Waals surface area (Å²) in [6.07, 6.45) is 5.27. The summed E-state index contributed by atoms with van der Waals surface area (Å²) < 4.78 is 0. The van der Waals surface area contributed by atoms with Gasteiger partial charge in [0, 0.05) is 17.6 Å². The summed E-state index contributed by atoms with van der Waals surface area (Å²) in [5.74, 6) is -0.299. The molecular formula is C18H23ClN6O2. The van der Waals surface area contributed by atoms with Crippen molar-refractivity contribution in [3.63, 3.8) is 0 Å². The molecule has 1 aliphatic carbocycles. The molecule has 0 radical (unpaired) electrons. The van der Waals surface area contributed by atoms with E-state index in [0.717, 1.165) is 18.4 Å². The first-order chi connectivity index (χ1) is 12.9. The first kappa shape index (κ1) is 19.4. The Morgan fingerprint density at radius 3 is 2.52 bits per heavy atom. The van der Waals surface area contributed by atoms with Crippen molar-refractivity contribution in [3.05, 3.63) is 34.3 Å². The standard InChI is InChI=1S/C18H23ClN6O2/c1-18(22-24-25-23-18)14-8-7-12(10-15(14)19)13(9-11-5-3-4-6-11)16(26)21-17(27)20-2/h7-8,10-11,13H,3-6,9H2,1-2H3,(H2,20,21,26,27). The van der Waals surface area contributed by atoms with Crippen LogP contribution in [0.1, 0.15) is 56.1 Å². The third-order valence-corrected chi connectivity index (χ3v) is 5.56. The summed E-state index contributed by atoms with van der Waals surface area (Å²) >= 11 is 6.48. The molecule has 2 N–H and O–H groups in total. The molecule has 9 heteroatoms. The number of carbonyl (C=O) groups is 2. The van der Waals surface area contributed by atoms with Crippen molar-refractivity contribution in [3.8, 4) is 0 Å². The molecule has 0 aromatic heterocycles. The van der Waals surface area contributed by atoms with E-state index in [2.05, 4.69) is 31.3 Å². The molecule has 2 aliphatic rings. The van der Waals surface area contributed by atoms with Crippen LogP contribution in [0.5, 0.6) is 0 Å². The monoisotopic (exact) mass is 390 g/mol. The van der Waals surface area contributed by atoms with E-state index in [4.69, 9.17) is 11.6 Å². The van der Waals surface area contributed by atoms with Gasteiger partial charge in [0.2, 0.25) is 11.6 Å². The van der Waals surface area contributed by atoms with Gasteiger partial charge < -0.3 is 5.32 Å². The Bertz CT molecular complexity index is 776. The molecule has 3 amide bonds. The number of hydrogen-bond acceptors (Lipinski definition) is 6. The van der Waals surface area contributed by atoms with E-state index in [9.17, 15) is 9.59 Å².